The van der Waals surface area contributed by atoms with Crippen molar-refractivity contribution in [1.29, 1.82) is 0 Å². The zero-order valence-corrected chi connectivity index (χ0v) is 10.5. The molecular weight excluding hydrogens is 216 g/mol. The lowest BCUT2D eigenvalue weighted by atomic mass is 10.1. The lowest BCUT2D eigenvalue weighted by molar-refractivity contribution is 0.416. The topological polar surface area (TPSA) is 15.3 Å². The lowest BCUT2D eigenvalue weighted by Gasteiger charge is -2.34. The number of nitrogens with zero attached hydrogens (tertiary/aromatic N) is 1. The van der Waals surface area contributed by atoms with E-state index in [2.05, 4.69) is 27.0 Å². The summed E-state index contributed by atoms with van der Waals surface area (Å²) in [7, 11) is 0. The number of hydrogen-bond donors (Lipinski definition) is 1. The Hall–Kier alpha value is -0.540. The molecule has 3 rings (SSSR count). The molecule has 0 bridgehead atoms. The molecule has 16 heavy (non-hydrogen) atoms. The van der Waals surface area contributed by atoms with Gasteiger partial charge < -0.3 is 10.2 Å². The predicted molar refractivity (Wildman–Crippen MR) is 70.3 cm³/mol. The normalized spacial score (nSPS) is 26.0. The van der Waals surface area contributed by atoms with Crippen LogP contribution in [0.25, 0.3) is 0 Å². The van der Waals surface area contributed by atoms with Crippen molar-refractivity contribution in [2.45, 2.75) is 31.7 Å². The first-order valence-electron chi connectivity index (χ1n) is 6.42. The van der Waals surface area contributed by atoms with E-state index >= 15 is 0 Å². The van der Waals surface area contributed by atoms with E-state index in [0.717, 1.165) is 5.92 Å². The van der Waals surface area contributed by atoms with Crippen LogP contribution in [0.3, 0.4) is 0 Å². The van der Waals surface area contributed by atoms with E-state index in [1.165, 1.54) is 51.0 Å². The quantitative estimate of drug-likeness (QED) is 0.864. The molecule has 1 aliphatic carbocycles. The third kappa shape index (κ3) is 2.58. The van der Waals surface area contributed by atoms with Crippen molar-refractivity contribution in [3.8, 4) is 0 Å². The summed E-state index contributed by atoms with van der Waals surface area (Å²) in [5, 5.41) is 8.18. The fourth-order valence-electron chi connectivity index (χ4n) is 2.47. The van der Waals surface area contributed by atoms with Crippen LogP contribution in [0, 0.1) is 5.92 Å². The van der Waals surface area contributed by atoms with Gasteiger partial charge in [-0.05, 0) is 49.6 Å². The Labute approximate surface area is 102 Å². The maximum Gasteiger partial charge on any atom is 0.0475 e. The molecule has 88 valence electrons. The van der Waals surface area contributed by atoms with Gasteiger partial charge in [-0.1, -0.05) is 0 Å². The van der Waals surface area contributed by atoms with Gasteiger partial charge in [0.05, 0.1) is 0 Å². The molecule has 0 radical (unpaired) electrons. The highest BCUT2D eigenvalue weighted by molar-refractivity contribution is 7.08. The molecule has 2 fully saturated rings. The zero-order valence-electron chi connectivity index (χ0n) is 9.69. The molecule has 0 spiro atoms. The van der Waals surface area contributed by atoms with Crippen molar-refractivity contribution < 1.29 is 0 Å². The molecule has 1 unspecified atom stereocenters. The molecule has 2 heterocycles. The average molecular weight is 236 g/mol. The van der Waals surface area contributed by atoms with Crippen LogP contribution in [0.5, 0.6) is 0 Å². The second-order valence-corrected chi connectivity index (χ2v) is 5.90. The summed E-state index contributed by atoms with van der Waals surface area (Å²) in [5.74, 6) is 0.997. The summed E-state index contributed by atoms with van der Waals surface area (Å²) < 4.78 is 0. The van der Waals surface area contributed by atoms with Crippen molar-refractivity contribution >= 4 is 17.0 Å². The van der Waals surface area contributed by atoms with E-state index in [0.29, 0.717) is 6.04 Å². The van der Waals surface area contributed by atoms with Gasteiger partial charge in [0.15, 0.2) is 0 Å². The number of piperidine rings is 1. The minimum atomic E-state index is 0.717. The summed E-state index contributed by atoms with van der Waals surface area (Å²) in [6.07, 6.45) is 5.59. The molecule has 1 N–H and O–H groups in total. The number of thiophene rings is 1. The number of nitrogens with one attached hydrogen (secondary N) is 1. The first-order valence-corrected chi connectivity index (χ1v) is 7.36. The van der Waals surface area contributed by atoms with Gasteiger partial charge in [0.2, 0.25) is 0 Å². The standard InChI is InChI=1S/C13H20N2S/c1-2-12(14-8-11-3-4-11)9-15(6-1)13-5-7-16-10-13/h5,7,10-12,14H,1-4,6,8-9H2. The minimum Gasteiger partial charge on any atom is -0.369 e. The number of anilines is 1. The fourth-order valence-corrected chi connectivity index (χ4v) is 3.13. The molecule has 0 amide bonds. The Bertz CT molecular complexity index is 319. The van der Waals surface area contributed by atoms with E-state index in [4.69, 9.17) is 0 Å². The second kappa shape index (κ2) is 4.76. The summed E-state index contributed by atoms with van der Waals surface area (Å²) in [4.78, 5) is 2.53. The average Bonchev–Trinajstić information content (AvgIpc) is 2.99. The van der Waals surface area contributed by atoms with Crippen molar-refractivity contribution in [2.24, 2.45) is 5.92 Å². The van der Waals surface area contributed by atoms with Crippen LogP contribution in [0.2, 0.25) is 0 Å². The van der Waals surface area contributed by atoms with Crippen LogP contribution in [-0.4, -0.2) is 25.7 Å². The van der Waals surface area contributed by atoms with Gasteiger partial charge in [-0.2, -0.15) is 11.3 Å². The van der Waals surface area contributed by atoms with E-state index in [1.807, 2.05) is 0 Å². The lowest BCUT2D eigenvalue weighted by Crippen LogP contribution is -2.46. The highest BCUT2D eigenvalue weighted by atomic mass is 32.1. The number of hydrogen-bond acceptors (Lipinski definition) is 3. The van der Waals surface area contributed by atoms with Gasteiger partial charge in [-0.3, -0.25) is 0 Å². The van der Waals surface area contributed by atoms with Crippen LogP contribution in [0.4, 0.5) is 5.69 Å². The van der Waals surface area contributed by atoms with Gasteiger partial charge in [-0.25, -0.2) is 0 Å². The third-order valence-corrected chi connectivity index (χ3v) is 4.36. The van der Waals surface area contributed by atoms with Gasteiger partial charge in [0.1, 0.15) is 0 Å². The largest absolute Gasteiger partial charge is 0.369 e. The molecule has 1 aliphatic heterocycles. The van der Waals surface area contributed by atoms with Crippen LogP contribution >= 0.6 is 11.3 Å². The smallest absolute Gasteiger partial charge is 0.0475 e. The molecule has 1 aromatic rings. The van der Waals surface area contributed by atoms with E-state index < -0.39 is 0 Å². The summed E-state index contributed by atoms with van der Waals surface area (Å²) in [6.45, 7) is 3.68. The molecular formula is C13H20N2S. The highest BCUT2D eigenvalue weighted by Crippen LogP contribution is 2.28. The molecule has 2 aliphatic rings. The highest BCUT2D eigenvalue weighted by Gasteiger charge is 2.24. The SMILES string of the molecule is c1cc(N2CCCC(NCC3CC3)C2)cs1. The molecule has 1 atom stereocenters. The van der Waals surface area contributed by atoms with Gasteiger partial charge in [0, 0.05) is 30.2 Å². The Morgan fingerprint density at radius 1 is 1.38 bits per heavy atom. The molecule has 1 aromatic heterocycles. The number of rotatable bonds is 4. The second-order valence-electron chi connectivity index (χ2n) is 5.12. The zero-order chi connectivity index (χ0) is 10.8. The molecule has 1 saturated carbocycles. The molecule has 0 aromatic carbocycles. The summed E-state index contributed by atoms with van der Waals surface area (Å²) >= 11 is 1.80. The fraction of sp³-hybridized carbons (Fsp3) is 0.692. The third-order valence-electron chi connectivity index (χ3n) is 3.68. The minimum absolute atomic E-state index is 0.717. The van der Waals surface area contributed by atoms with Crippen LogP contribution in [-0.2, 0) is 0 Å². The summed E-state index contributed by atoms with van der Waals surface area (Å²) in [5.41, 5.74) is 1.42. The first kappa shape index (κ1) is 10.6. The van der Waals surface area contributed by atoms with Crippen molar-refractivity contribution in [1.82, 2.24) is 5.32 Å². The molecule has 3 heteroatoms. The monoisotopic (exact) mass is 236 g/mol. The van der Waals surface area contributed by atoms with Crippen LogP contribution in [0.15, 0.2) is 16.8 Å². The van der Waals surface area contributed by atoms with Gasteiger partial charge in [-0.15, -0.1) is 0 Å². The van der Waals surface area contributed by atoms with Crippen LogP contribution in [0.1, 0.15) is 25.7 Å². The Balaban J connectivity index is 1.52. The van der Waals surface area contributed by atoms with Gasteiger partial charge in [0.25, 0.3) is 0 Å². The van der Waals surface area contributed by atoms with E-state index in [1.54, 1.807) is 11.3 Å². The van der Waals surface area contributed by atoms with Crippen molar-refractivity contribution in [3.63, 3.8) is 0 Å². The Morgan fingerprint density at radius 3 is 3.06 bits per heavy atom. The van der Waals surface area contributed by atoms with Crippen molar-refractivity contribution in [3.05, 3.63) is 16.8 Å². The maximum atomic E-state index is 3.74. The Morgan fingerprint density at radius 2 is 2.31 bits per heavy atom. The molecule has 2 nitrogen and oxygen atoms in total. The first-order chi connectivity index (χ1) is 7.92. The predicted octanol–water partition coefficient (Wildman–Crippen LogP) is 2.72. The Kier molecular flexibility index (Phi) is 3.15. The van der Waals surface area contributed by atoms with Crippen LogP contribution < -0.4 is 10.2 Å². The molecule has 1 saturated heterocycles. The van der Waals surface area contributed by atoms with E-state index in [9.17, 15) is 0 Å². The van der Waals surface area contributed by atoms with E-state index in [-0.39, 0.29) is 0 Å². The van der Waals surface area contributed by atoms with Crippen molar-refractivity contribution in [2.75, 3.05) is 24.5 Å². The maximum absolute atomic E-state index is 3.74. The summed E-state index contributed by atoms with van der Waals surface area (Å²) in [6, 6.07) is 2.96. The van der Waals surface area contributed by atoms with Gasteiger partial charge >= 0.3 is 0 Å².